The van der Waals surface area contributed by atoms with Crippen LogP contribution in [0.3, 0.4) is 0 Å². The van der Waals surface area contributed by atoms with E-state index in [2.05, 4.69) is 0 Å². The molecular weight excluding hydrogens is 242 g/mol. The first-order chi connectivity index (χ1) is 8.96. The Labute approximate surface area is 114 Å². The van der Waals surface area contributed by atoms with E-state index in [1.807, 2.05) is 51.1 Å². The number of hydrogen-bond donors (Lipinski definition) is 0. The van der Waals surface area contributed by atoms with Crippen molar-refractivity contribution in [3.8, 4) is 0 Å². The molecule has 4 nitrogen and oxygen atoms in total. The van der Waals surface area contributed by atoms with E-state index in [1.165, 1.54) is 0 Å². The van der Waals surface area contributed by atoms with Crippen molar-refractivity contribution in [3.63, 3.8) is 0 Å². The van der Waals surface area contributed by atoms with Gasteiger partial charge >= 0.3 is 6.09 Å². The summed E-state index contributed by atoms with van der Waals surface area (Å²) in [5.74, 6) is 0. The zero-order valence-electron chi connectivity index (χ0n) is 11.8. The fourth-order valence-electron chi connectivity index (χ4n) is 1.75. The van der Waals surface area contributed by atoms with Crippen LogP contribution in [0.1, 0.15) is 26.3 Å². The molecule has 1 heterocycles. The minimum atomic E-state index is -0.435. The zero-order chi connectivity index (χ0) is 13.9. The SMILES string of the molecule is CC(C)(C)OC(=O)N1CC1COCc1ccccc1. The predicted octanol–water partition coefficient (Wildman–Crippen LogP) is 2.82. The molecule has 1 fully saturated rings. The van der Waals surface area contributed by atoms with E-state index >= 15 is 0 Å². The van der Waals surface area contributed by atoms with E-state index in [0.29, 0.717) is 13.2 Å². The highest BCUT2D eigenvalue weighted by Gasteiger charge is 2.41. The third-order valence-corrected chi connectivity index (χ3v) is 2.76. The second-order valence-electron chi connectivity index (χ2n) is 5.79. The van der Waals surface area contributed by atoms with Crippen LogP contribution in [-0.4, -0.2) is 35.8 Å². The lowest BCUT2D eigenvalue weighted by atomic mass is 10.2. The highest BCUT2D eigenvalue weighted by atomic mass is 16.6. The van der Waals surface area contributed by atoms with E-state index in [0.717, 1.165) is 12.1 Å². The third-order valence-electron chi connectivity index (χ3n) is 2.76. The first kappa shape index (κ1) is 13.9. The van der Waals surface area contributed by atoms with Crippen LogP contribution >= 0.6 is 0 Å². The van der Waals surface area contributed by atoms with Crippen LogP contribution in [0, 0.1) is 0 Å². The molecule has 0 spiro atoms. The lowest BCUT2D eigenvalue weighted by Gasteiger charge is -2.19. The van der Waals surface area contributed by atoms with Crippen molar-refractivity contribution in [2.45, 2.75) is 39.0 Å². The molecule has 1 aliphatic heterocycles. The van der Waals surface area contributed by atoms with Crippen LogP contribution in [0.15, 0.2) is 30.3 Å². The Kier molecular flexibility index (Phi) is 4.10. The number of ether oxygens (including phenoxy) is 2. The molecule has 1 saturated heterocycles. The highest BCUT2D eigenvalue weighted by molar-refractivity contribution is 5.71. The van der Waals surface area contributed by atoms with Gasteiger partial charge < -0.3 is 9.47 Å². The van der Waals surface area contributed by atoms with Gasteiger partial charge in [-0.05, 0) is 26.3 Å². The second-order valence-corrected chi connectivity index (χ2v) is 5.79. The number of carbonyl (C=O) groups excluding carboxylic acids is 1. The molecule has 0 aromatic heterocycles. The number of amides is 1. The van der Waals surface area contributed by atoms with Crippen molar-refractivity contribution in [2.24, 2.45) is 0 Å². The summed E-state index contributed by atoms with van der Waals surface area (Å²) in [5, 5.41) is 0. The van der Waals surface area contributed by atoms with Gasteiger partial charge in [0.05, 0.1) is 19.3 Å². The van der Waals surface area contributed by atoms with E-state index in [9.17, 15) is 4.79 Å². The van der Waals surface area contributed by atoms with Gasteiger partial charge in [0.2, 0.25) is 0 Å². The van der Waals surface area contributed by atoms with Crippen LogP contribution in [-0.2, 0) is 16.1 Å². The van der Waals surface area contributed by atoms with Gasteiger partial charge in [0.15, 0.2) is 0 Å². The fraction of sp³-hybridized carbons (Fsp3) is 0.533. The van der Waals surface area contributed by atoms with Gasteiger partial charge in [-0.25, -0.2) is 4.79 Å². The maximum Gasteiger partial charge on any atom is 0.410 e. The van der Waals surface area contributed by atoms with Gasteiger partial charge in [-0.15, -0.1) is 0 Å². The third kappa shape index (κ3) is 4.56. The Balaban J connectivity index is 1.66. The molecule has 1 atom stereocenters. The van der Waals surface area contributed by atoms with Crippen molar-refractivity contribution in [2.75, 3.05) is 13.2 Å². The number of carbonyl (C=O) groups is 1. The van der Waals surface area contributed by atoms with Crippen molar-refractivity contribution < 1.29 is 14.3 Å². The summed E-state index contributed by atoms with van der Waals surface area (Å²) >= 11 is 0. The Morgan fingerprint density at radius 1 is 1.32 bits per heavy atom. The molecule has 1 aromatic carbocycles. The maximum absolute atomic E-state index is 11.7. The van der Waals surface area contributed by atoms with Gasteiger partial charge in [-0.1, -0.05) is 30.3 Å². The van der Waals surface area contributed by atoms with Crippen LogP contribution < -0.4 is 0 Å². The van der Waals surface area contributed by atoms with E-state index in [-0.39, 0.29) is 12.1 Å². The van der Waals surface area contributed by atoms with Gasteiger partial charge in [-0.3, -0.25) is 4.90 Å². The molecule has 1 amide bonds. The Morgan fingerprint density at radius 2 is 2.00 bits per heavy atom. The predicted molar refractivity (Wildman–Crippen MR) is 72.8 cm³/mol. The largest absolute Gasteiger partial charge is 0.444 e. The highest BCUT2D eigenvalue weighted by Crippen LogP contribution is 2.22. The van der Waals surface area contributed by atoms with Crippen LogP contribution in [0.2, 0.25) is 0 Å². The summed E-state index contributed by atoms with van der Waals surface area (Å²) in [6.07, 6.45) is -0.249. The normalized spacial score (nSPS) is 18.3. The fourth-order valence-corrected chi connectivity index (χ4v) is 1.75. The molecule has 2 rings (SSSR count). The molecule has 0 bridgehead atoms. The van der Waals surface area contributed by atoms with Crippen molar-refractivity contribution in [1.82, 2.24) is 4.90 Å². The molecule has 1 aromatic rings. The molecule has 1 unspecified atom stereocenters. The van der Waals surface area contributed by atoms with Gasteiger partial charge in [0.25, 0.3) is 0 Å². The lowest BCUT2D eigenvalue weighted by molar-refractivity contribution is 0.0370. The molecule has 0 aliphatic carbocycles. The van der Waals surface area contributed by atoms with Crippen molar-refractivity contribution in [1.29, 1.82) is 0 Å². The van der Waals surface area contributed by atoms with Crippen molar-refractivity contribution >= 4 is 6.09 Å². The topological polar surface area (TPSA) is 38.5 Å². The average molecular weight is 263 g/mol. The standard InChI is InChI=1S/C15H21NO3/c1-15(2,3)19-14(17)16-9-13(16)11-18-10-12-7-5-4-6-8-12/h4-8,13H,9-11H2,1-3H3. The monoisotopic (exact) mass is 263 g/mol. The smallest absolute Gasteiger partial charge is 0.410 e. The van der Waals surface area contributed by atoms with Crippen LogP contribution in [0.4, 0.5) is 4.79 Å². The van der Waals surface area contributed by atoms with Gasteiger partial charge in [0.1, 0.15) is 5.60 Å². The molecular formula is C15H21NO3. The van der Waals surface area contributed by atoms with E-state index in [4.69, 9.17) is 9.47 Å². The average Bonchev–Trinajstić information content (AvgIpc) is 3.08. The molecule has 19 heavy (non-hydrogen) atoms. The summed E-state index contributed by atoms with van der Waals surface area (Å²) in [4.78, 5) is 13.4. The summed E-state index contributed by atoms with van der Waals surface area (Å²) < 4.78 is 10.9. The quantitative estimate of drug-likeness (QED) is 0.784. The van der Waals surface area contributed by atoms with Gasteiger partial charge in [-0.2, -0.15) is 0 Å². The number of benzene rings is 1. The summed E-state index contributed by atoms with van der Waals surface area (Å²) in [7, 11) is 0. The minimum absolute atomic E-state index is 0.165. The Morgan fingerprint density at radius 3 is 2.63 bits per heavy atom. The first-order valence-corrected chi connectivity index (χ1v) is 6.57. The molecule has 1 aliphatic rings. The summed E-state index contributed by atoms with van der Waals surface area (Å²) in [6, 6.07) is 10.2. The summed E-state index contributed by atoms with van der Waals surface area (Å²) in [6.45, 7) is 7.48. The Hall–Kier alpha value is -1.55. The lowest BCUT2D eigenvalue weighted by Crippen LogP contribution is -2.28. The zero-order valence-corrected chi connectivity index (χ0v) is 11.8. The van der Waals surface area contributed by atoms with Crippen LogP contribution in [0.5, 0.6) is 0 Å². The second kappa shape index (κ2) is 5.61. The number of nitrogens with zero attached hydrogens (tertiary/aromatic N) is 1. The van der Waals surface area contributed by atoms with E-state index in [1.54, 1.807) is 4.90 Å². The summed E-state index contributed by atoms with van der Waals surface area (Å²) in [5.41, 5.74) is 0.710. The van der Waals surface area contributed by atoms with E-state index < -0.39 is 5.60 Å². The number of rotatable bonds is 4. The van der Waals surface area contributed by atoms with Crippen molar-refractivity contribution in [3.05, 3.63) is 35.9 Å². The minimum Gasteiger partial charge on any atom is -0.444 e. The number of hydrogen-bond acceptors (Lipinski definition) is 3. The van der Waals surface area contributed by atoms with Crippen LogP contribution in [0.25, 0.3) is 0 Å². The molecule has 4 heteroatoms. The molecule has 104 valence electrons. The first-order valence-electron chi connectivity index (χ1n) is 6.57. The Bertz CT molecular complexity index is 425. The molecule has 0 saturated carbocycles. The molecule has 0 radical (unpaired) electrons. The van der Waals surface area contributed by atoms with Gasteiger partial charge in [0, 0.05) is 6.54 Å². The maximum atomic E-state index is 11.7. The molecule has 0 N–H and O–H groups in total.